The number of aryl methyl sites for hydroxylation is 1. The van der Waals surface area contributed by atoms with Crippen LogP contribution in [0, 0.1) is 18.3 Å². The Morgan fingerprint density at radius 2 is 1.83 bits per heavy atom. The number of hydrogen-bond acceptors (Lipinski definition) is 3. The van der Waals surface area contributed by atoms with Gasteiger partial charge in [0.15, 0.2) is 5.75 Å². The van der Waals surface area contributed by atoms with Gasteiger partial charge in [0.1, 0.15) is 11.8 Å². The summed E-state index contributed by atoms with van der Waals surface area (Å²) in [5.41, 5.74) is 5.12. The third kappa shape index (κ3) is 4.23. The van der Waals surface area contributed by atoms with Crippen LogP contribution in [-0.4, -0.2) is 8.49 Å². The van der Waals surface area contributed by atoms with E-state index in [1.165, 1.54) is 3.51 Å². The minimum Gasteiger partial charge on any atom is -0.454 e. The number of nitrogens with zero attached hydrogens (tertiary/aromatic N) is 2. The summed E-state index contributed by atoms with van der Waals surface area (Å²) in [4.78, 5) is 4.62. The fourth-order valence-corrected chi connectivity index (χ4v) is 5.23. The molecule has 3 nitrogen and oxygen atoms in total. The van der Waals surface area contributed by atoms with E-state index in [4.69, 9.17) is 16.3 Å². The van der Waals surface area contributed by atoms with Crippen LogP contribution in [0.25, 0.3) is 16.8 Å². The predicted molar refractivity (Wildman–Crippen MR) is 132 cm³/mol. The molecular weight excluding hydrogens is 507 g/mol. The van der Waals surface area contributed by atoms with Crippen molar-refractivity contribution in [3.05, 3.63) is 92.7 Å². The smallest absolute Gasteiger partial charge is 0.153 e. The van der Waals surface area contributed by atoms with Crippen LogP contribution in [0.2, 0.25) is 0 Å². The van der Waals surface area contributed by atoms with Gasteiger partial charge in [-0.15, -0.1) is 0 Å². The fourth-order valence-electron chi connectivity index (χ4n) is 3.14. The number of allylic oxidation sites excluding steroid dienone is 3. The highest BCUT2D eigenvalue weighted by Crippen LogP contribution is 2.39. The zero-order valence-electron chi connectivity index (χ0n) is 16.5. The van der Waals surface area contributed by atoms with Crippen LogP contribution in [0.5, 0.6) is 11.5 Å². The normalized spacial score (nSPS) is 13.3. The summed E-state index contributed by atoms with van der Waals surface area (Å²) in [5.74, 6) is 1.07. The van der Waals surface area contributed by atoms with E-state index in [1.807, 2.05) is 61.5 Å². The first-order valence-electron chi connectivity index (χ1n) is 9.35. The van der Waals surface area contributed by atoms with Gasteiger partial charge in [-0.05, 0) is 47.8 Å². The van der Waals surface area contributed by atoms with Crippen molar-refractivity contribution in [1.29, 1.82) is 5.26 Å². The molecule has 0 saturated heterocycles. The summed E-state index contributed by atoms with van der Waals surface area (Å²) >= 11 is 6.53. The Hall–Kier alpha value is -2.75. The number of halogens is 2. The summed E-state index contributed by atoms with van der Waals surface area (Å²) in [6.45, 7) is 4.03. The predicted octanol–water partition coefficient (Wildman–Crippen LogP) is 7.36. The molecule has 5 heteroatoms. The van der Waals surface area contributed by atoms with E-state index in [-0.39, 0.29) is 20.7 Å². The Balaban J connectivity index is 1.87. The Labute approximate surface area is 191 Å². The molecule has 0 bridgehead atoms. The Kier molecular flexibility index (Phi) is 6.12. The van der Waals surface area contributed by atoms with E-state index in [2.05, 4.69) is 28.1 Å². The topological polar surface area (TPSA) is 45.9 Å². The second-order valence-electron chi connectivity index (χ2n) is 6.81. The molecule has 0 aliphatic carbocycles. The van der Waals surface area contributed by atoms with E-state index in [0.29, 0.717) is 17.1 Å². The van der Waals surface area contributed by atoms with Crippen LogP contribution in [0.1, 0.15) is 23.6 Å². The molecule has 0 atom stereocenters. The Morgan fingerprint density at radius 3 is 2.60 bits per heavy atom. The maximum atomic E-state index is 9.52. The van der Waals surface area contributed by atoms with Crippen molar-refractivity contribution in [1.82, 2.24) is 4.98 Å². The van der Waals surface area contributed by atoms with Crippen molar-refractivity contribution in [2.24, 2.45) is 0 Å². The quantitative estimate of drug-likeness (QED) is 0.335. The Morgan fingerprint density at radius 1 is 1.03 bits per heavy atom. The minimum absolute atomic E-state index is 0.184. The van der Waals surface area contributed by atoms with Gasteiger partial charge in [-0.2, -0.15) is 5.26 Å². The second-order valence-corrected chi connectivity index (χ2v) is 10.1. The lowest BCUT2D eigenvalue weighted by atomic mass is 10.0. The third-order valence-electron chi connectivity index (χ3n) is 4.70. The van der Waals surface area contributed by atoms with Crippen LogP contribution < -0.4 is 4.74 Å². The van der Waals surface area contributed by atoms with Crippen LogP contribution in [-0.2, 0) is 0 Å². The number of aromatic nitrogens is 1. The number of hydrogen-bond donors (Lipinski definition) is 0. The van der Waals surface area contributed by atoms with Gasteiger partial charge in [-0.1, -0.05) is 68.7 Å². The molecule has 0 saturated carbocycles. The second kappa shape index (κ2) is 8.95. The molecule has 0 N–H and O–H groups in total. The minimum atomic E-state index is -0.184. The van der Waals surface area contributed by atoms with Crippen LogP contribution >= 0.6 is 32.3 Å². The highest BCUT2D eigenvalue weighted by molar-refractivity contribution is 14.2. The van der Waals surface area contributed by atoms with Gasteiger partial charge in [0.2, 0.25) is 0 Å². The first-order valence-corrected chi connectivity index (χ1v) is 12.0. The summed E-state index contributed by atoms with van der Waals surface area (Å²) in [7, 11) is 0. The standard InChI is InChI=1S/C25H18ClIN2O/c1-16-8-9-23(19(12-16)14-28)30-24-15-29-22(18-6-4-3-5-7-18)13-21(24)20-10-11-27-17(2)25(20)26/h3-13,15H,1-2H3. The molecule has 0 spiro atoms. The molecule has 148 valence electrons. The van der Waals surface area contributed by atoms with Gasteiger partial charge in [0.05, 0.1) is 22.5 Å². The molecule has 1 aromatic heterocycles. The lowest BCUT2D eigenvalue weighted by Crippen LogP contribution is -2.00. The first kappa shape index (κ1) is 20.5. The zero-order chi connectivity index (χ0) is 21.1. The van der Waals surface area contributed by atoms with Crippen molar-refractivity contribution in [2.45, 2.75) is 13.8 Å². The van der Waals surface area contributed by atoms with Gasteiger partial charge < -0.3 is 4.74 Å². The summed E-state index contributed by atoms with van der Waals surface area (Å²) in [6, 6.07) is 19.8. The highest BCUT2D eigenvalue weighted by atomic mass is 127. The molecule has 2 aromatic carbocycles. The van der Waals surface area contributed by atoms with Crippen LogP contribution in [0.15, 0.2) is 76.0 Å². The van der Waals surface area contributed by atoms with Gasteiger partial charge in [0.25, 0.3) is 0 Å². The summed E-state index contributed by atoms with van der Waals surface area (Å²) in [6.07, 6.45) is 3.78. The number of rotatable bonds is 4. The van der Waals surface area contributed by atoms with Crippen molar-refractivity contribution in [3.63, 3.8) is 0 Å². The van der Waals surface area contributed by atoms with E-state index < -0.39 is 0 Å². The average Bonchev–Trinajstić information content (AvgIpc) is 2.78. The molecular formula is C25H18ClIN2O. The number of benzene rings is 2. The molecule has 4 rings (SSSR count). The van der Waals surface area contributed by atoms with Crippen molar-refractivity contribution < 1.29 is 4.74 Å². The van der Waals surface area contributed by atoms with Gasteiger partial charge >= 0.3 is 0 Å². The van der Waals surface area contributed by atoms with Crippen LogP contribution in [0.4, 0.5) is 0 Å². The lowest BCUT2D eigenvalue weighted by Gasteiger charge is -2.17. The van der Waals surface area contributed by atoms with Gasteiger partial charge in [0, 0.05) is 20.2 Å². The lowest BCUT2D eigenvalue weighted by molar-refractivity contribution is 0.477. The monoisotopic (exact) mass is 524 g/mol. The molecule has 1 aliphatic rings. The summed E-state index contributed by atoms with van der Waals surface area (Å²) in [5, 5.41) is 10.3. The Bertz CT molecular complexity index is 1250. The van der Waals surface area contributed by atoms with Crippen molar-refractivity contribution in [2.75, 3.05) is 0 Å². The van der Waals surface area contributed by atoms with Crippen molar-refractivity contribution >= 4 is 41.4 Å². The molecule has 0 radical (unpaired) electrons. The maximum absolute atomic E-state index is 9.52. The molecule has 0 fully saturated rings. The van der Waals surface area contributed by atoms with E-state index in [0.717, 1.165) is 33.0 Å². The summed E-state index contributed by atoms with van der Waals surface area (Å²) < 4.78 is 9.62. The molecule has 30 heavy (non-hydrogen) atoms. The van der Waals surface area contributed by atoms with E-state index in [9.17, 15) is 5.26 Å². The van der Waals surface area contributed by atoms with E-state index >= 15 is 0 Å². The van der Waals surface area contributed by atoms with Crippen molar-refractivity contribution in [3.8, 4) is 28.8 Å². The molecule has 0 unspecified atom stereocenters. The molecule has 2 heterocycles. The first-order chi connectivity index (χ1) is 14.6. The molecule has 1 aliphatic heterocycles. The number of ether oxygens (including phenoxy) is 1. The SMILES string of the molecule is CC1=IC=CC(c2cc(-c3ccccc3)ncc2Oc2ccc(C)cc2C#N)=C1Cl. The van der Waals surface area contributed by atoms with Gasteiger partial charge in [-0.25, -0.2) is 0 Å². The highest BCUT2D eigenvalue weighted by Gasteiger charge is 2.18. The number of nitriles is 1. The largest absolute Gasteiger partial charge is 0.454 e. The van der Waals surface area contributed by atoms with Gasteiger partial charge in [-0.3, -0.25) is 4.98 Å². The molecule has 3 aromatic rings. The zero-order valence-corrected chi connectivity index (χ0v) is 19.4. The number of pyridine rings is 1. The third-order valence-corrected chi connectivity index (χ3v) is 7.70. The average molecular weight is 525 g/mol. The maximum Gasteiger partial charge on any atom is 0.153 e. The molecule has 0 amide bonds. The van der Waals surface area contributed by atoms with Crippen LogP contribution in [0.3, 0.4) is 0 Å². The van der Waals surface area contributed by atoms with E-state index in [1.54, 1.807) is 6.20 Å². The fraction of sp³-hybridized carbons (Fsp3) is 0.0800.